The van der Waals surface area contributed by atoms with E-state index in [1.165, 1.54) is 6.42 Å². The maximum atomic E-state index is 11.4. The number of hydrogen-bond donors (Lipinski definition) is 1. The van der Waals surface area contributed by atoms with Gasteiger partial charge in [0.2, 0.25) is 5.88 Å². The van der Waals surface area contributed by atoms with Crippen molar-refractivity contribution in [1.29, 1.82) is 0 Å². The molecule has 110 valence electrons. The summed E-state index contributed by atoms with van der Waals surface area (Å²) in [6, 6.07) is 7.37. The highest BCUT2D eigenvalue weighted by atomic mass is 16.5. The summed E-state index contributed by atoms with van der Waals surface area (Å²) < 4.78 is 5.85. The number of pyridine rings is 1. The summed E-state index contributed by atoms with van der Waals surface area (Å²) in [5.41, 5.74) is 0.232. The third-order valence-corrected chi connectivity index (χ3v) is 4.07. The predicted octanol–water partition coefficient (Wildman–Crippen LogP) is 2.41. The maximum Gasteiger partial charge on any atom is 0.336 e. The Labute approximate surface area is 123 Å². The second-order valence-electron chi connectivity index (χ2n) is 5.41. The Morgan fingerprint density at radius 3 is 3.05 bits per heavy atom. The van der Waals surface area contributed by atoms with Gasteiger partial charge in [0.05, 0.1) is 10.9 Å². The van der Waals surface area contributed by atoms with Crippen molar-refractivity contribution >= 4 is 16.7 Å². The third kappa shape index (κ3) is 2.69. The minimum absolute atomic E-state index is 0.232. The molecule has 1 N–H and O–H groups in total. The monoisotopic (exact) mass is 286 g/mol. The molecule has 2 aromatic rings. The lowest BCUT2D eigenvalue weighted by molar-refractivity contribution is 0.0698. The Hall–Kier alpha value is -2.14. The summed E-state index contributed by atoms with van der Waals surface area (Å²) in [5.74, 6) is -0.553. The van der Waals surface area contributed by atoms with Gasteiger partial charge in [-0.05, 0) is 44.0 Å². The summed E-state index contributed by atoms with van der Waals surface area (Å²) in [6.07, 6.45) is 3.93. The van der Waals surface area contributed by atoms with Gasteiger partial charge in [0.15, 0.2) is 0 Å². The number of likely N-dealkylation sites (tertiary alicyclic amines) is 1. The van der Waals surface area contributed by atoms with Gasteiger partial charge in [-0.3, -0.25) is 0 Å². The fourth-order valence-corrected chi connectivity index (χ4v) is 2.85. The molecule has 1 atom stereocenters. The number of likely N-dealkylation sites (N-methyl/N-ethyl adjacent to an activating group) is 1. The van der Waals surface area contributed by atoms with Crippen LogP contribution in [0.4, 0.5) is 0 Å². The highest BCUT2D eigenvalue weighted by Crippen LogP contribution is 2.27. The minimum atomic E-state index is -0.962. The number of carboxylic acid groups (broad SMARTS) is 1. The van der Waals surface area contributed by atoms with Gasteiger partial charge < -0.3 is 14.7 Å². The Balaban J connectivity index is 1.92. The molecular weight excluding hydrogens is 268 g/mol. The average molecular weight is 286 g/mol. The first-order valence-electron chi connectivity index (χ1n) is 7.11. The fraction of sp³-hybridized carbons (Fsp3) is 0.375. The molecule has 0 radical (unpaired) electrons. The molecule has 21 heavy (non-hydrogen) atoms. The van der Waals surface area contributed by atoms with Gasteiger partial charge in [0.1, 0.15) is 6.61 Å². The highest BCUT2D eigenvalue weighted by Gasteiger charge is 2.22. The van der Waals surface area contributed by atoms with Crippen LogP contribution in [0.15, 0.2) is 30.5 Å². The van der Waals surface area contributed by atoms with Gasteiger partial charge in [0.25, 0.3) is 0 Å². The minimum Gasteiger partial charge on any atom is -0.478 e. The number of rotatable bonds is 4. The Kier molecular flexibility index (Phi) is 3.75. The fourth-order valence-electron chi connectivity index (χ4n) is 2.85. The molecule has 0 bridgehead atoms. The number of aromatic carboxylic acids is 1. The zero-order chi connectivity index (χ0) is 14.8. The number of fused-ring (bicyclic) bond motifs is 1. The van der Waals surface area contributed by atoms with E-state index >= 15 is 0 Å². The van der Waals surface area contributed by atoms with E-state index in [1.807, 2.05) is 6.07 Å². The van der Waals surface area contributed by atoms with E-state index in [4.69, 9.17) is 4.74 Å². The number of carbonyl (C=O) groups is 1. The van der Waals surface area contributed by atoms with Gasteiger partial charge in [-0.25, -0.2) is 9.78 Å². The van der Waals surface area contributed by atoms with Crippen molar-refractivity contribution in [3.05, 3.63) is 36.0 Å². The van der Waals surface area contributed by atoms with Gasteiger partial charge in [0, 0.05) is 12.2 Å². The molecule has 0 amide bonds. The number of carboxylic acids is 1. The quantitative estimate of drug-likeness (QED) is 0.935. The molecular formula is C16H18N2O3. The van der Waals surface area contributed by atoms with Gasteiger partial charge in [-0.15, -0.1) is 0 Å². The second-order valence-corrected chi connectivity index (χ2v) is 5.41. The van der Waals surface area contributed by atoms with Crippen molar-refractivity contribution in [2.24, 2.45) is 0 Å². The van der Waals surface area contributed by atoms with Gasteiger partial charge in [-0.2, -0.15) is 0 Å². The van der Waals surface area contributed by atoms with Gasteiger partial charge in [-0.1, -0.05) is 12.1 Å². The van der Waals surface area contributed by atoms with E-state index in [2.05, 4.69) is 16.9 Å². The van der Waals surface area contributed by atoms with Crippen molar-refractivity contribution in [2.45, 2.75) is 18.9 Å². The SMILES string of the molecule is CN1CCCC1COc1nccc2cccc(C(=O)O)c12. The second kappa shape index (κ2) is 5.69. The van der Waals surface area contributed by atoms with E-state index in [9.17, 15) is 9.90 Å². The molecule has 0 spiro atoms. The number of aromatic nitrogens is 1. The normalized spacial score (nSPS) is 19.0. The van der Waals surface area contributed by atoms with Crippen LogP contribution >= 0.6 is 0 Å². The molecule has 5 heteroatoms. The first kappa shape index (κ1) is 13.8. The summed E-state index contributed by atoms with van der Waals surface area (Å²) in [7, 11) is 2.08. The smallest absolute Gasteiger partial charge is 0.336 e. The van der Waals surface area contributed by atoms with Crippen LogP contribution in [-0.2, 0) is 0 Å². The molecule has 1 aromatic heterocycles. The van der Waals surface area contributed by atoms with Gasteiger partial charge >= 0.3 is 5.97 Å². The Morgan fingerprint density at radius 2 is 2.33 bits per heavy atom. The molecule has 1 aliphatic heterocycles. The topological polar surface area (TPSA) is 62.7 Å². The van der Waals surface area contributed by atoms with Crippen LogP contribution in [-0.4, -0.2) is 47.2 Å². The van der Waals surface area contributed by atoms with E-state index < -0.39 is 5.97 Å². The van der Waals surface area contributed by atoms with Crippen LogP contribution < -0.4 is 4.74 Å². The van der Waals surface area contributed by atoms with Crippen molar-refractivity contribution in [1.82, 2.24) is 9.88 Å². The largest absolute Gasteiger partial charge is 0.478 e. The number of ether oxygens (including phenoxy) is 1. The number of benzene rings is 1. The van der Waals surface area contributed by atoms with Crippen LogP contribution in [0.1, 0.15) is 23.2 Å². The standard InChI is InChI=1S/C16H18N2O3/c1-18-9-3-5-12(18)10-21-15-14-11(7-8-17-15)4-2-6-13(14)16(19)20/h2,4,6-8,12H,3,5,9-10H2,1H3,(H,19,20). The lowest BCUT2D eigenvalue weighted by Crippen LogP contribution is -2.30. The summed E-state index contributed by atoms with van der Waals surface area (Å²) in [6.45, 7) is 1.62. The summed E-state index contributed by atoms with van der Waals surface area (Å²) in [5, 5.41) is 10.7. The van der Waals surface area contributed by atoms with E-state index in [0.717, 1.165) is 18.4 Å². The van der Waals surface area contributed by atoms with E-state index in [0.29, 0.717) is 23.9 Å². The first-order valence-corrected chi connectivity index (χ1v) is 7.11. The van der Waals surface area contributed by atoms with Crippen molar-refractivity contribution in [3.63, 3.8) is 0 Å². The molecule has 1 unspecified atom stereocenters. The third-order valence-electron chi connectivity index (χ3n) is 4.07. The maximum absolute atomic E-state index is 11.4. The summed E-state index contributed by atoms with van der Waals surface area (Å²) >= 11 is 0. The van der Waals surface area contributed by atoms with Crippen LogP contribution in [0.2, 0.25) is 0 Å². The molecule has 5 nitrogen and oxygen atoms in total. The molecule has 0 aliphatic carbocycles. The summed E-state index contributed by atoms with van der Waals surface area (Å²) in [4.78, 5) is 17.9. The zero-order valence-electron chi connectivity index (χ0n) is 12.0. The zero-order valence-corrected chi connectivity index (χ0v) is 12.0. The van der Waals surface area contributed by atoms with E-state index in [-0.39, 0.29) is 5.56 Å². The molecule has 1 aliphatic rings. The average Bonchev–Trinajstić information content (AvgIpc) is 2.89. The van der Waals surface area contributed by atoms with Crippen molar-refractivity contribution in [2.75, 3.05) is 20.2 Å². The van der Waals surface area contributed by atoms with Crippen molar-refractivity contribution < 1.29 is 14.6 Å². The molecule has 3 rings (SSSR count). The Morgan fingerprint density at radius 1 is 1.48 bits per heavy atom. The van der Waals surface area contributed by atoms with Crippen molar-refractivity contribution in [3.8, 4) is 5.88 Å². The molecule has 1 saturated heterocycles. The first-order chi connectivity index (χ1) is 10.2. The lowest BCUT2D eigenvalue weighted by atomic mass is 10.1. The van der Waals surface area contributed by atoms with E-state index in [1.54, 1.807) is 24.4 Å². The Bertz CT molecular complexity index is 666. The van der Waals surface area contributed by atoms with Crippen LogP contribution in [0, 0.1) is 0 Å². The molecule has 1 fully saturated rings. The molecule has 0 saturated carbocycles. The molecule has 2 heterocycles. The number of nitrogens with zero attached hydrogens (tertiary/aromatic N) is 2. The highest BCUT2D eigenvalue weighted by molar-refractivity contribution is 6.05. The molecule has 1 aromatic carbocycles. The van der Waals surface area contributed by atoms with Crippen LogP contribution in [0.25, 0.3) is 10.8 Å². The van der Waals surface area contributed by atoms with Crippen LogP contribution in [0.3, 0.4) is 0 Å². The lowest BCUT2D eigenvalue weighted by Gasteiger charge is -2.20. The predicted molar refractivity (Wildman–Crippen MR) is 79.8 cm³/mol. The number of hydrogen-bond acceptors (Lipinski definition) is 4. The van der Waals surface area contributed by atoms with Crippen LogP contribution in [0.5, 0.6) is 5.88 Å².